The van der Waals surface area contributed by atoms with Crippen LogP contribution in [0.4, 0.5) is 0 Å². The van der Waals surface area contributed by atoms with E-state index < -0.39 is 0 Å². The second-order valence-electron chi connectivity index (χ2n) is 13.1. The number of hydrogen-bond acceptors (Lipinski definition) is 4. The van der Waals surface area contributed by atoms with Crippen LogP contribution in [0.5, 0.6) is 0 Å². The summed E-state index contributed by atoms with van der Waals surface area (Å²) >= 11 is 1.72. The Morgan fingerprint density at radius 2 is 1.48 bits per heavy atom. The van der Waals surface area contributed by atoms with Crippen molar-refractivity contribution in [3.63, 3.8) is 0 Å². The second-order valence-corrected chi connectivity index (χ2v) is 14.0. The normalized spacial score (nSPS) is 11.4. The van der Waals surface area contributed by atoms with Crippen molar-refractivity contribution in [3.05, 3.63) is 143 Å². The first-order chi connectivity index (χ1) is 22.7. The monoisotopic (exact) mass is 821 g/mol. The second kappa shape index (κ2) is 13.6. The predicted octanol–water partition coefficient (Wildman–Crippen LogP) is 12.1. The SMILES string of the molecule is Cc1ccc(-c2[c-]cccc2)nc1.Cc1cccc(C)c1-c1cc(-c2[c-]ccc3c2oc2c3ccc3ccsc32)ncc1C(C)(C)C.[Ir]. The van der Waals surface area contributed by atoms with Gasteiger partial charge in [0.2, 0.25) is 0 Å². The molecule has 48 heavy (non-hydrogen) atoms. The van der Waals surface area contributed by atoms with E-state index in [0.717, 1.165) is 44.5 Å². The number of fused-ring (bicyclic) bond motifs is 5. The summed E-state index contributed by atoms with van der Waals surface area (Å²) in [6.07, 6.45) is 3.92. The van der Waals surface area contributed by atoms with E-state index in [1.165, 1.54) is 43.5 Å². The van der Waals surface area contributed by atoms with Crippen LogP contribution in [0.2, 0.25) is 0 Å². The minimum Gasteiger partial charge on any atom is -0.499 e. The molecule has 4 aromatic carbocycles. The Kier molecular flexibility index (Phi) is 9.49. The number of rotatable bonds is 3. The van der Waals surface area contributed by atoms with Crippen LogP contribution in [0.15, 0.2) is 113 Å². The van der Waals surface area contributed by atoms with Gasteiger partial charge in [-0.1, -0.05) is 80.3 Å². The van der Waals surface area contributed by atoms with E-state index in [-0.39, 0.29) is 25.5 Å². The minimum absolute atomic E-state index is 0. The zero-order chi connectivity index (χ0) is 32.7. The summed E-state index contributed by atoms with van der Waals surface area (Å²) < 4.78 is 7.73. The molecule has 0 atom stereocenters. The van der Waals surface area contributed by atoms with Crippen LogP contribution >= 0.6 is 11.3 Å². The van der Waals surface area contributed by atoms with Gasteiger partial charge < -0.3 is 14.4 Å². The van der Waals surface area contributed by atoms with Crippen LogP contribution in [0, 0.1) is 32.9 Å². The summed E-state index contributed by atoms with van der Waals surface area (Å²) in [5, 5.41) is 5.58. The maximum absolute atomic E-state index is 6.54. The van der Waals surface area contributed by atoms with Crippen molar-refractivity contribution in [2.24, 2.45) is 0 Å². The van der Waals surface area contributed by atoms with Crippen molar-refractivity contribution < 1.29 is 24.5 Å². The number of aryl methyl sites for hydroxylation is 3. The number of aromatic nitrogens is 2. The van der Waals surface area contributed by atoms with Gasteiger partial charge in [-0.05, 0) is 87.8 Å². The maximum atomic E-state index is 6.54. The van der Waals surface area contributed by atoms with Crippen molar-refractivity contribution >= 4 is 43.4 Å². The molecule has 0 saturated heterocycles. The minimum atomic E-state index is -0.0323. The molecule has 0 aliphatic heterocycles. The largest absolute Gasteiger partial charge is 0.499 e. The Hall–Kier alpha value is -4.41. The van der Waals surface area contributed by atoms with Gasteiger partial charge in [0.05, 0.1) is 10.3 Å². The smallest absolute Gasteiger partial charge is 0.138 e. The molecule has 4 heterocycles. The standard InChI is InChI=1S/C31H26NOS.C12H10N.Ir/c1-18-8-6-9-19(2)27(18)24-16-26(32-17-25(24)31(3,4)5)23-11-7-10-21-22-13-12-20-14-15-34-30(20)29(22)33-28(21)23;1-10-7-8-12(13-9-10)11-5-3-2-4-6-11;/h6-10,12-17H,1-5H3;2-5,7-9H,1H3;/q2*-1;. The summed E-state index contributed by atoms with van der Waals surface area (Å²) in [5.41, 5.74) is 13.1. The van der Waals surface area contributed by atoms with Gasteiger partial charge in [0.25, 0.3) is 0 Å². The first-order valence-electron chi connectivity index (χ1n) is 15.9. The molecule has 0 saturated carbocycles. The molecule has 0 aliphatic carbocycles. The van der Waals surface area contributed by atoms with Crippen molar-refractivity contribution in [1.82, 2.24) is 9.97 Å². The molecule has 8 aromatic rings. The quantitative estimate of drug-likeness (QED) is 0.167. The van der Waals surface area contributed by atoms with Gasteiger partial charge in [-0.3, -0.25) is 0 Å². The van der Waals surface area contributed by atoms with E-state index in [4.69, 9.17) is 9.40 Å². The first kappa shape index (κ1) is 33.5. The van der Waals surface area contributed by atoms with Gasteiger partial charge >= 0.3 is 0 Å². The van der Waals surface area contributed by atoms with Crippen LogP contribution in [0.1, 0.15) is 43.0 Å². The molecule has 4 aromatic heterocycles. The van der Waals surface area contributed by atoms with E-state index in [2.05, 4.69) is 112 Å². The average molecular weight is 821 g/mol. The number of thiophene rings is 1. The molecule has 1 radical (unpaired) electrons. The predicted molar refractivity (Wildman–Crippen MR) is 198 cm³/mol. The Morgan fingerprint density at radius 3 is 2.19 bits per heavy atom. The van der Waals surface area contributed by atoms with Gasteiger partial charge in [-0.15, -0.1) is 65.4 Å². The third-order valence-electron chi connectivity index (χ3n) is 8.63. The number of benzene rings is 4. The molecular weight excluding hydrogens is 785 g/mol. The fraction of sp³-hybridized carbons (Fsp3) is 0.163. The number of pyridine rings is 2. The van der Waals surface area contributed by atoms with Crippen molar-refractivity contribution in [3.8, 4) is 33.6 Å². The number of hydrogen-bond donors (Lipinski definition) is 0. The molecule has 3 nitrogen and oxygen atoms in total. The fourth-order valence-electron chi connectivity index (χ4n) is 6.23. The summed E-state index contributed by atoms with van der Waals surface area (Å²) in [6.45, 7) is 13.2. The average Bonchev–Trinajstić information content (AvgIpc) is 3.70. The molecule has 0 N–H and O–H groups in total. The summed E-state index contributed by atoms with van der Waals surface area (Å²) in [7, 11) is 0. The topological polar surface area (TPSA) is 38.9 Å². The summed E-state index contributed by atoms with van der Waals surface area (Å²) in [5.74, 6) is 0. The number of nitrogens with zero attached hydrogens (tertiary/aromatic N) is 2. The van der Waals surface area contributed by atoms with Gasteiger partial charge in [-0.25, -0.2) is 0 Å². The first-order valence-corrected chi connectivity index (χ1v) is 16.8. The fourth-order valence-corrected chi connectivity index (χ4v) is 7.11. The number of furan rings is 1. The summed E-state index contributed by atoms with van der Waals surface area (Å²) in [6, 6.07) is 37.8. The molecule has 241 valence electrons. The van der Waals surface area contributed by atoms with E-state index in [1.54, 1.807) is 11.3 Å². The van der Waals surface area contributed by atoms with E-state index in [9.17, 15) is 0 Å². The molecule has 0 amide bonds. The van der Waals surface area contributed by atoms with E-state index >= 15 is 0 Å². The zero-order valence-electron chi connectivity index (χ0n) is 27.9. The van der Waals surface area contributed by atoms with Crippen molar-refractivity contribution in [2.75, 3.05) is 0 Å². The Bertz CT molecular complexity index is 2340. The van der Waals surface area contributed by atoms with Crippen molar-refractivity contribution in [1.29, 1.82) is 0 Å². The van der Waals surface area contributed by atoms with Crippen LogP contribution in [0.25, 0.3) is 65.7 Å². The molecule has 0 aliphatic rings. The van der Waals surface area contributed by atoms with Crippen LogP contribution < -0.4 is 0 Å². The molecule has 0 unspecified atom stereocenters. The third-order valence-corrected chi connectivity index (χ3v) is 9.56. The van der Waals surface area contributed by atoms with E-state index in [1.807, 2.05) is 55.7 Å². The maximum Gasteiger partial charge on any atom is 0.138 e. The summed E-state index contributed by atoms with van der Waals surface area (Å²) in [4.78, 5) is 9.26. The van der Waals surface area contributed by atoms with Gasteiger partial charge in [0.15, 0.2) is 0 Å². The molecular formula is C43H36IrN2OS-2. The van der Waals surface area contributed by atoms with Gasteiger partial charge in [-0.2, -0.15) is 0 Å². The Balaban J connectivity index is 0.000000241. The van der Waals surface area contributed by atoms with Crippen LogP contribution in [0.3, 0.4) is 0 Å². The Morgan fingerprint density at radius 1 is 0.708 bits per heavy atom. The molecule has 0 bridgehead atoms. The molecule has 8 rings (SSSR count). The van der Waals surface area contributed by atoms with Gasteiger partial charge in [0.1, 0.15) is 5.58 Å². The van der Waals surface area contributed by atoms with Crippen LogP contribution in [-0.2, 0) is 25.5 Å². The molecule has 0 spiro atoms. The van der Waals surface area contributed by atoms with E-state index in [0.29, 0.717) is 0 Å². The zero-order valence-corrected chi connectivity index (χ0v) is 31.1. The van der Waals surface area contributed by atoms with Crippen LogP contribution in [-0.4, -0.2) is 9.97 Å². The molecule has 5 heteroatoms. The molecule has 0 fully saturated rings. The van der Waals surface area contributed by atoms with Gasteiger partial charge in [0, 0.05) is 37.9 Å². The Labute approximate surface area is 300 Å². The van der Waals surface area contributed by atoms with Crippen molar-refractivity contribution in [2.45, 2.75) is 47.0 Å². The third kappa shape index (κ3) is 6.39.